The van der Waals surface area contributed by atoms with Gasteiger partial charge >= 0.3 is 0 Å². The van der Waals surface area contributed by atoms with Crippen LogP contribution >= 0.6 is 15.9 Å². The lowest BCUT2D eigenvalue weighted by Gasteiger charge is -2.00. The maximum atomic E-state index is 5.35. The zero-order chi connectivity index (χ0) is 17.2. The van der Waals surface area contributed by atoms with Crippen molar-refractivity contribution in [3.05, 3.63) is 76.3 Å². The van der Waals surface area contributed by atoms with Gasteiger partial charge in [-0.05, 0) is 36.8 Å². The standard InChI is InChI=1S/C18H14BrN5O/c1-12-20-17(22-24(12)15-8-3-2-4-9-15)18-21-16(23-25-18)11-13-6-5-7-14(19)10-13/h2-10H,11H2,1H3. The third kappa shape index (κ3) is 3.36. The number of aryl methyl sites for hydroxylation is 1. The summed E-state index contributed by atoms with van der Waals surface area (Å²) in [4.78, 5) is 8.86. The normalized spacial score (nSPS) is 11.0. The number of benzene rings is 2. The van der Waals surface area contributed by atoms with Crippen LogP contribution in [0.3, 0.4) is 0 Å². The Morgan fingerprint density at radius 1 is 1.04 bits per heavy atom. The molecule has 7 heteroatoms. The molecule has 0 radical (unpaired) electrons. The number of hydrogen-bond donors (Lipinski definition) is 0. The van der Waals surface area contributed by atoms with Crippen molar-refractivity contribution in [2.24, 2.45) is 0 Å². The van der Waals surface area contributed by atoms with Crippen LogP contribution < -0.4 is 0 Å². The van der Waals surface area contributed by atoms with Crippen molar-refractivity contribution in [2.45, 2.75) is 13.3 Å². The molecule has 4 rings (SSSR count). The topological polar surface area (TPSA) is 69.6 Å². The third-order valence-corrected chi connectivity index (χ3v) is 4.17. The highest BCUT2D eigenvalue weighted by Crippen LogP contribution is 2.18. The van der Waals surface area contributed by atoms with Crippen LogP contribution in [0.1, 0.15) is 17.2 Å². The zero-order valence-electron chi connectivity index (χ0n) is 13.4. The van der Waals surface area contributed by atoms with Crippen molar-refractivity contribution in [1.29, 1.82) is 0 Å². The molecule has 2 aromatic carbocycles. The van der Waals surface area contributed by atoms with Crippen molar-refractivity contribution in [3.63, 3.8) is 0 Å². The monoisotopic (exact) mass is 395 g/mol. The summed E-state index contributed by atoms with van der Waals surface area (Å²) in [6, 6.07) is 17.8. The van der Waals surface area contributed by atoms with E-state index >= 15 is 0 Å². The molecule has 6 nitrogen and oxygen atoms in total. The Balaban J connectivity index is 1.60. The van der Waals surface area contributed by atoms with Crippen LogP contribution in [-0.2, 0) is 6.42 Å². The highest BCUT2D eigenvalue weighted by Gasteiger charge is 2.16. The summed E-state index contributed by atoms with van der Waals surface area (Å²) >= 11 is 3.46. The summed E-state index contributed by atoms with van der Waals surface area (Å²) in [5, 5.41) is 8.53. The van der Waals surface area contributed by atoms with Gasteiger partial charge in [-0.2, -0.15) is 4.98 Å². The van der Waals surface area contributed by atoms with Crippen LogP contribution in [0.5, 0.6) is 0 Å². The minimum absolute atomic E-state index is 0.322. The second-order valence-electron chi connectivity index (χ2n) is 5.55. The van der Waals surface area contributed by atoms with Gasteiger partial charge in [0.15, 0.2) is 5.82 Å². The van der Waals surface area contributed by atoms with Crippen LogP contribution in [0.15, 0.2) is 63.6 Å². The van der Waals surface area contributed by atoms with Crippen LogP contribution in [0.4, 0.5) is 0 Å². The summed E-state index contributed by atoms with van der Waals surface area (Å²) in [7, 11) is 0. The Morgan fingerprint density at radius 2 is 1.88 bits per heavy atom. The lowest BCUT2D eigenvalue weighted by atomic mass is 10.1. The second-order valence-corrected chi connectivity index (χ2v) is 6.47. The molecule has 0 saturated carbocycles. The van der Waals surface area contributed by atoms with E-state index in [0.29, 0.717) is 24.0 Å². The molecule has 4 aromatic rings. The molecule has 124 valence electrons. The van der Waals surface area contributed by atoms with E-state index in [0.717, 1.165) is 21.5 Å². The van der Waals surface area contributed by atoms with E-state index in [2.05, 4.69) is 36.2 Å². The molecule has 0 fully saturated rings. The Hall–Kier alpha value is -2.80. The maximum Gasteiger partial charge on any atom is 0.297 e. The van der Waals surface area contributed by atoms with Gasteiger partial charge in [-0.15, -0.1) is 5.10 Å². The first-order chi connectivity index (χ1) is 12.2. The van der Waals surface area contributed by atoms with Crippen LogP contribution in [0, 0.1) is 6.92 Å². The summed E-state index contributed by atoms with van der Waals surface area (Å²) in [6.07, 6.45) is 0.585. The van der Waals surface area contributed by atoms with E-state index in [9.17, 15) is 0 Å². The summed E-state index contributed by atoms with van der Waals surface area (Å²) in [5.41, 5.74) is 2.04. The Bertz CT molecular complexity index is 1010. The van der Waals surface area contributed by atoms with Gasteiger partial charge < -0.3 is 4.52 Å². The number of rotatable bonds is 4. The summed E-state index contributed by atoms with van der Waals surface area (Å²) in [5.74, 6) is 2.10. The fourth-order valence-corrected chi connectivity index (χ4v) is 2.99. The van der Waals surface area contributed by atoms with Gasteiger partial charge in [0.2, 0.25) is 5.82 Å². The summed E-state index contributed by atoms with van der Waals surface area (Å²) in [6.45, 7) is 1.89. The molecule has 0 spiro atoms. The number of nitrogens with zero attached hydrogens (tertiary/aromatic N) is 5. The molecular weight excluding hydrogens is 382 g/mol. The number of para-hydroxylation sites is 1. The quantitative estimate of drug-likeness (QED) is 0.522. The van der Waals surface area contributed by atoms with E-state index in [-0.39, 0.29) is 0 Å². The molecule has 0 unspecified atom stereocenters. The van der Waals surface area contributed by atoms with Gasteiger partial charge in [-0.25, -0.2) is 9.67 Å². The summed E-state index contributed by atoms with van der Waals surface area (Å²) < 4.78 is 8.12. The zero-order valence-corrected chi connectivity index (χ0v) is 15.0. The molecule has 0 N–H and O–H groups in total. The predicted molar refractivity (Wildman–Crippen MR) is 96.3 cm³/mol. The van der Waals surface area contributed by atoms with Crippen molar-refractivity contribution in [3.8, 4) is 17.4 Å². The van der Waals surface area contributed by atoms with Crippen LogP contribution in [0.2, 0.25) is 0 Å². The fraction of sp³-hybridized carbons (Fsp3) is 0.111. The third-order valence-electron chi connectivity index (χ3n) is 3.68. The minimum Gasteiger partial charge on any atom is -0.330 e. The molecule has 0 aliphatic heterocycles. The molecule has 0 atom stereocenters. The highest BCUT2D eigenvalue weighted by atomic mass is 79.9. The SMILES string of the molecule is Cc1nc(-c2nc(Cc3cccc(Br)c3)no2)nn1-c1ccccc1. The fourth-order valence-electron chi connectivity index (χ4n) is 2.54. The lowest BCUT2D eigenvalue weighted by Crippen LogP contribution is -1.98. The first kappa shape index (κ1) is 15.7. The molecule has 0 amide bonds. The van der Waals surface area contributed by atoms with E-state index in [1.165, 1.54) is 0 Å². The van der Waals surface area contributed by atoms with Crippen LogP contribution in [-0.4, -0.2) is 24.9 Å². The molecule has 25 heavy (non-hydrogen) atoms. The van der Waals surface area contributed by atoms with Crippen LogP contribution in [0.25, 0.3) is 17.4 Å². The average Bonchev–Trinajstić information content (AvgIpc) is 3.22. The molecule has 0 bridgehead atoms. The number of halogens is 1. The first-order valence-electron chi connectivity index (χ1n) is 7.75. The molecule has 0 aliphatic rings. The van der Waals surface area contributed by atoms with Gasteiger partial charge in [0.1, 0.15) is 5.82 Å². The molecule has 2 heterocycles. The Morgan fingerprint density at radius 3 is 2.68 bits per heavy atom. The second kappa shape index (κ2) is 6.60. The number of hydrogen-bond acceptors (Lipinski definition) is 5. The van der Waals surface area contributed by atoms with Gasteiger partial charge in [0.25, 0.3) is 5.89 Å². The largest absolute Gasteiger partial charge is 0.330 e. The molecule has 2 aromatic heterocycles. The Labute approximate surface area is 152 Å². The van der Waals surface area contributed by atoms with Gasteiger partial charge in [-0.3, -0.25) is 0 Å². The molecule has 0 aliphatic carbocycles. The average molecular weight is 396 g/mol. The number of aromatic nitrogens is 5. The predicted octanol–water partition coefficient (Wildman–Crippen LogP) is 3.98. The van der Waals surface area contributed by atoms with Crippen molar-refractivity contribution in [2.75, 3.05) is 0 Å². The maximum absolute atomic E-state index is 5.35. The van der Waals surface area contributed by atoms with Crippen molar-refractivity contribution in [1.82, 2.24) is 24.9 Å². The smallest absolute Gasteiger partial charge is 0.297 e. The van der Waals surface area contributed by atoms with E-state index in [4.69, 9.17) is 4.52 Å². The minimum atomic E-state index is 0.322. The van der Waals surface area contributed by atoms with Crippen molar-refractivity contribution < 1.29 is 4.52 Å². The van der Waals surface area contributed by atoms with E-state index < -0.39 is 0 Å². The van der Waals surface area contributed by atoms with E-state index in [1.54, 1.807) is 4.68 Å². The van der Waals surface area contributed by atoms with Gasteiger partial charge in [0.05, 0.1) is 5.69 Å². The molecule has 0 saturated heterocycles. The first-order valence-corrected chi connectivity index (χ1v) is 8.55. The highest BCUT2D eigenvalue weighted by molar-refractivity contribution is 9.10. The Kier molecular flexibility index (Phi) is 4.15. The van der Waals surface area contributed by atoms with E-state index in [1.807, 2.05) is 61.5 Å². The molecular formula is C18H14BrN5O. The van der Waals surface area contributed by atoms with Gasteiger partial charge in [-0.1, -0.05) is 51.4 Å². The lowest BCUT2D eigenvalue weighted by molar-refractivity contribution is 0.421. The van der Waals surface area contributed by atoms with Crippen molar-refractivity contribution >= 4 is 15.9 Å². The van der Waals surface area contributed by atoms with Gasteiger partial charge in [0, 0.05) is 10.9 Å².